The molecule has 3 unspecified atom stereocenters. The van der Waals surface area contributed by atoms with Crippen molar-refractivity contribution in [2.45, 2.75) is 38.1 Å². The predicted octanol–water partition coefficient (Wildman–Crippen LogP) is 3.02. The number of benzene rings is 1. The molecule has 1 saturated heterocycles. The first-order valence-corrected chi connectivity index (χ1v) is 7.76. The lowest BCUT2D eigenvalue weighted by molar-refractivity contribution is 0.381. The monoisotopic (exact) mass is 275 g/mol. The van der Waals surface area contributed by atoms with Crippen molar-refractivity contribution in [3.8, 4) is 11.5 Å². The van der Waals surface area contributed by atoms with Crippen LogP contribution in [0.3, 0.4) is 0 Å². The van der Waals surface area contributed by atoms with Crippen LogP contribution in [-0.4, -0.2) is 26.8 Å². The quantitative estimate of drug-likeness (QED) is 0.896. The third-order valence-electron chi connectivity index (χ3n) is 5.09. The van der Waals surface area contributed by atoms with Crippen LogP contribution in [0.4, 0.5) is 0 Å². The maximum absolute atomic E-state index is 5.47. The molecule has 1 saturated carbocycles. The van der Waals surface area contributed by atoms with Crippen molar-refractivity contribution in [3.05, 3.63) is 23.8 Å². The van der Waals surface area contributed by atoms with Crippen LogP contribution in [0.15, 0.2) is 18.2 Å². The Morgan fingerprint density at radius 2 is 2.10 bits per heavy atom. The zero-order chi connectivity index (χ0) is 13.9. The van der Waals surface area contributed by atoms with E-state index in [0.29, 0.717) is 6.04 Å². The zero-order valence-electron chi connectivity index (χ0n) is 12.5. The van der Waals surface area contributed by atoms with E-state index in [4.69, 9.17) is 9.47 Å². The highest BCUT2D eigenvalue weighted by Crippen LogP contribution is 2.39. The molecule has 2 fully saturated rings. The van der Waals surface area contributed by atoms with Crippen LogP contribution >= 0.6 is 0 Å². The van der Waals surface area contributed by atoms with Crippen molar-refractivity contribution >= 4 is 0 Å². The van der Waals surface area contributed by atoms with E-state index in [1.165, 1.54) is 37.8 Å². The SMILES string of the molecule is COc1ccc(OC)c(CCC2NCC3CCCC32)c1. The normalized spacial score (nSPS) is 28.4. The minimum Gasteiger partial charge on any atom is -0.497 e. The summed E-state index contributed by atoms with van der Waals surface area (Å²) in [4.78, 5) is 0. The van der Waals surface area contributed by atoms with E-state index in [9.17, 15) is 0 Å². The van der Waals surface area contributed by atoms with Crippen molar-refractivity contribution in [1.29, 1.82) is 0 Å². The number of nitrogens with one attached hydrogen (secondary N) is 1. The number of rotatable bonds is 5. The van der Waals surface area contributed by atoms with E-state index in [1.807, 2.05) is 12.1 Å². The second-order valence-electron chi connectivity index (χ2n) is 6.09. The zero-order valence-corrected chi connectivity index (χ0v) is 12.5. The van der Waals surface area contributed by atoms with Gasteiger partial charge >= 0.3 is 0 Å². The Kier molecular flexibility index (Phi) is 4.16. The van der Waals surface area contributed by atoms with Crippen molar-refractivity contribution < 1.29 is 9.47 Å². The number of ether oxygens (including phenoxy) is 2. The Bertz CT molecular complexity index is 460. The van der Waals surface area contributed by atoms with Gasteiger partial charge in [-0.2, -0.15) is 0 Å². The molecule has 0 bridgehead atoms. The summed E-state index contributed by atoms with van der Waals surface area (Å²) in [6.07, 6.45) is 6.52. The number of fused-ring (bicyclic) bond motifs is 1. The molecule has 3 atom stereocenters. The second-order valence-corrected chi connectivity index (χ2v) is 6.09. The Hall–Kier alpha value is -1.22. The fourth-order valence-electron chi connectivity index (χ4n) is 4.01. The molecule has 1 aliphatic carbocycles. The van der Waals surface area contributed by atoms with Gasteiger partial charge in [0.05, 0.1) is 14.2 Å². The van der Waals surface area contributed by atoms with E-state index in [0.717, 1.165) is 29.8 Å². The second kappa shape index (κ2) is 6.04. The van der Waals surface area contributed by atoms with Gasteiger partial charge in [0.1, 0.15) is 11.5 Å². The molecule has 1 aliphatic heterocycles. The van der Waals surface area contributed by atoms with Crippen molar-refractivity contribution in [2.75, 3.05) is 20.8 Å². The average Bonchev–Trinajstić information content (AvgIpc) is 3.08. The summed E-state index contributed by atoms with van der Waals surface area (Å²) in [6.45, 7) is 1.23. The van der Waals surface area contributed by atoms with E-state index in [-0.39, 0.29) is 0 Å². The summed E-state index contributed by atoms with van der Waals surface area (Å²) < 4.78 is 10.8. The molecule has 1 heterocycles. The molecule has 3 rings (SSSR count). The summed E-state index contributed by atoms with van der Waals surface area (Å²) in [6, 6.07) is 6.77. The highest BCUT2D eigenvalue weighted by Gasteiger charge is 2.38. The fraction of sp³-hybridized carbons (Fsp3) is 0.647. The molecule has 0 spiro atoms. The maximum atomic E-state index is 5.47. The Morgan fingerprint density at radius 1 is 1.20 bits per heavy atom. The van der Waals surface area contributed by atoms with Crippen LogP contribution in [0.2, 0.25) is 0 Å². The number of hydrogen-bond acceptors (Lipinski definition) is 3. The highest BCUT2D eigenvalue weighted by atomic mass is 16.5. The summed E-state index contributed by atoms with van der Waals surface area (Å²) in [7, 11) is 3.46. The third kappa shape index (κ3) is 2.64. The molecule has 20 heavy (non-hydrogen) atoms. The highest BCUT2D eigenvalue weighted by molar-refractivity contribution is 5.40. The average molecular weight is 275 g/mol. The van der Waals surface area contributed by atoms with Crippen molar-refractivity contribution in [3.63, 3.8) is 0 Å². The number of methoxy groups -OCH3 is 2. The topological polar surface area (TPSA) is 30.5 Å². The minimum absolute atomic E-state index is 0.693. The van der Waals surface area contributed by atoms with Crippen LogP contribution in [-0.2, 0) is 6.42 Å². The predicted molar refractivity (Wildman–Crippen MR) is 80.5 cm³/mol. The van der Waals surface area contributed by atoms with Gasteiger partial charge in [-0.05, 0) is 67.8 Å². The first-order valence-electron chi connectivity index (χ1n) is 7.76. The first-order chi connectivity index (χ1) is 9.81. The molecule has 0 amide bonds. The van der Waals surface area contributed by atoms with Crippen molar-refractivity contribution in [1.82, 2.24) is 5.32 Å². The molecule has 1 aromatic rings. The van der Waals surface area contributed by atoms with Gasteiger partial charge in [0.2, 0.25) is 0 Å². The summed E-state index contributed by atoms with van der Waals surface area (Å²) in [5.41, 5.74) is 1.26. The first kappa shape index (κ1) is 13.7. The molecular formula is C17H25NO2. The lowest BCUT2D eigenvalue weighted by atomic mass is 9.90. The Labute approximate surface area is 121 Å². The van der Waals surface area contributed by atoms with Crippen molar-refractivity contribution in [2.24, 2.45) is 11.8 Å². The third-order valence-corrected chi connectivity index (χ3v) is 5.09. The minimum atomic E-state index is 0.693. The summed E-state index contributed by atoms with van der Waals surface area (Å²) in [5.74, 6) is 3.74. The molecule has 3 nitrogen and oxygen atoms in total. The molecule has 1 aromatic carbocycles. The van der Waals surface area contributed by atoms with Crippen LogP contribution in [0.25, 0.3) is 0 Å². The van der Waals surface area contributed by atoms with Gasteiger partial charge in [-0.3, -0.25) is 0 Å². The molecule has 110 valence electrons. The van der Waals surface area contributed by atoms with Gasteiger partial charge in [-0.25, -0.2) is 0 Å². The molecule has 0 aromatic heterocycles. The summed E-state index contributed by atoms with van der Waals surface area (Å²) >= 11 is 0. The fourth-order valence-corrected chi connectivity index (χ4v) is 4.01. The van der Waals surface area contributed by atoms with E-state index in [1.54, 1.807) is 14.2 Å². The van der Waals surface area contributed by atoms with E-state index in [2.05, 4.69) is 11.4 Å². The molecule has 1 N–H and O–H groups in total. The largest absolute Gasteiger partial charge is 0.497 e. The standard InChI is InChI=1S/C17H25NO2/c1-19-14-7-9-17(20-2)12(10-14)6-8-16-15-5-3-4-13(15)11-18-16/h7,9-10,13,15-16,18H,3-6,8,11H2,1-2H3. The van der Waals surface area contributed by atoms with Crippen LogP contribution in [0.1, 0.15) is 31.2 Å². The van der Waals surface area contributed by atoms with Gasteiger partial charge in [0, 0.05) is 6.04 Å². The number of hydrogen-bond donors (Lipinski definition) is 1. The van der Waals surface area contributed by atoms with Gasteiger partial charge in [0.15, 0.2) is 0 Å². The van der Waals surface area contributed by atoms with E-state index >= 15 is 0 Å². The van der Waals surface area contributed by atoms with Gasteiger partial charge < -0.3 is 14.8 Å². The number of aryl methyl sites for hydroxylation is 1. The van der Waals surface area contributed by atoms with Crippen LogP contribution in [0.5, 0.6) is 11.5 Å². The van der Waals surface area contributed by atoms with Crippen LogP contribution in [0, 0.1) is 11.8 Å². The molecule has 0 radical (unpaired) electrons. The van der Waals surface area contributed by atoms with E-state index < -0.39 is 0 Å². The lowest BCUT2D eigenvalue weighted by Crippen LogP contribution is -2.27. The molecule has 2 aliphatic rings. The molecule has 3 heteroatoms. The Balaban J connectivity index is 1.65. The van der Waals surface area contributed by atoms with Crippen LogP contribution < -0.4 is 14.8 Å². The smallest absolute Gasteiger partial charge is 0.122 e. The lowest BCUT2D eigenvalue weighted by Gasteiger charge is -2.19. The van der Waals surface area contributed by atoms with Gasteiger partial charge in [-0.15, -0.1) is 0 Å². The molecular weight excluding hydrogens is 250 g/mol. The maximum Gasteiger partial charge on any atom is 0.122 e. The van der Waals surface area contributed by atoms with Gasteiger partial charge in [0.25, 0.3) is 0 Å². The Morgan fingerprint density at radius 3 is 2.90 bits per heavy atom. The summed E-state index contributed by atoms with van der Waals surface area (Å²) in [5, 5.41) is 3.72. The van der Waals surface area contributed by atoms with Gasteiger partial charge in [-0.1, -0.05) is 6.42 Å².